The third kappa shape index (κ3) is 3.23. The molecule has 4 aromatic rings. The predicted octanol–water partition coefficient (Wildman–Crippen LogP) is 3.15. The summed E-state index contributed by atoms with van der Waals surface area (Å²) in [6.45, 7) is 1.80. The number of aryl methyl sites for hydroxylation is 1. The number of fused-ring (bicyclic) bond motifs is 3. The van der Waals surface area contributed by atoms with E-state index in [2.05, 4.69) is 4.57 Å². The molecule has 29 heavy (non-hydrogen) atoms. The quantitative estimate of drug-likeness (QED) is 0.406. The van der Waals surface area contributed by atoms with Crippen molar-refractivity contribution in [1.82, 2.24) is 4.57 Å². The number of carbonyl (C=O) groups excluding carboxylic acids is 2. The van der Waals surface area contributed by atoms with Gasteiger partial charge in [0.15, 0.2) is 0 Å². The van der Waals surface area contributed by atoms with Gasteiger partial charge in [-0.15, -0.1) is 0 Å². The Bertz CT molecular complexity index is 1240. The SMILES string of the molecule is Cc1ccc(OC(=O)CO)c2c3c(C(N)=O)cccc3n(Cc3ccccc3)c12. The van der Waals surface area contributed by atoms with E-state index in [1.807, 2.05) is 49.4 Å². The number of rotatable bonds is 5. The highest BCUT2D eigenvalue weighted by Gasteiger charge is 2.22. The Morgan fingerprint density at radius 2 is 1.76 bits per heavy atom. The van der Waals surface area contributed by atoms with E-state index < -0.39 is 18.5 Å². The molecule has 0 aliphatic rings. The van der Waals surface area contributed by atoms with Crippen LogP contribution in [-0.4, -0.2) is 28.2 Å². The molecule has 0 spiro atoms. The van der Waals surface area contributed by atoms with Crippen LogP contribution in [0.25, 0.3) is 21.8 Å². The van der Waals surface area contributed by atoms with Gasteiger partial charge in [0.25, 0.3) is 0 Å². The first-order valence-corrected chi connectivity index (χ1v) is 9.21. The van der Waals surface area contributed by atoms with Gasteiger partial charge < -0.3 is 20.1 Å². The molecule has 6 heteroatoms. The number of aliphatic hydroxyl groups is 1. The molecule has 1 amide bonds. The summed E-state index contributed by atoms with van der Waals surface area (Å²) in [5, 5.41) is 10.4. The molecule has 0 radical (unpaired) electrons. The lowest BCUT2D eigenvalue weighted by Crippen LogP contribution is -2.13. The summed E-state index contributed by atoms with van der Waals surface area (Å²) in [7, 11) is 0. The number of amides is 1. The van der Waals surface area contributed by atoms with Crippen molar-refractivity contribution < 1.29 is 19.4 Å². The predicted molar refractivity (Wildman–Crippen MR) is 111 cm³/mol. The summed E-state index contributed by atoms with van der Waals surface area (Å²) >= 11 is 0. The minimum absolute atomic E-state index is 0.287. The molecule has 0 atom stereocenters. The highest BCUT2D eigenvalue weighted by molar-refractivity contribution is 6.20. The van der Waals surface area contributed by atoms with Crippen LogP contribution in [0.2, 0.25) is 0 Å². The molecule has 3 aromatic carbocycles. The summed E-state index contributed by atoms with van der Waals surface area (Å²) in [5.74, 6) is -1.04. The fourth-order valence-corrected chi connectivity index (χ4v) is 3.79. The van der Waals surface area contributed by atoms with Gasteiger partial charge in [-0.1, -0.05) is 42.5 Å². The lowest BCUT2D eigenvalue weighted by atomic mass is 10.0. The summed E-state index contributed by atoms with van der Waals surface area (Å²) in [6.07, 6.45) is 0. The van der Waals surface area contributed by atoms with Gasteiger partial charge in [-0.05, 0) is 36.2 Å². The second kappa shape index (κ2) is 7.41. The van der Waals surface area contributed by atoms with Crippen LogP contribution < -0.4 is 10.5 Å². The maximum Gasteiger partial charge on any atom is 0.337 e. The number of benzene rings is 3. The first kappa shape index (κ1) is 18.7. The van der Waals surface area contributed by atoms with Crippen LogP contribution in [0, 0.1) is 6.92 Å². The second-order valence-electron chi connectivity index (χ2n) is 6.87. The number of ether oxygens (including phenoxy) is 1. The molecule has 1 aromatic heterocycles. The Hall–Kier alpha value is -3.64. The highest BCUT2D eigenvalue weighted by Crippen LogP contribution is 2.39. The normalized spacial score (nSPS) is 11.1. The number of nitrogens with zero attached hydrogens (tertiary/aromatic N) is 1. The van der Waals surface area contributed by atoms with E-state index >= 15 is 0 Å². The lowest BCUT2D eigenvalue weighted by Gasteiger charge is -2.11. The molecule has 3 N–H and O–H groups in total. The number of hydrogen-bond donors (Lipinski definition) is 2. The minimum atomic E-state index is -0.768. The van der Waals surface area contributed by atoms with Crippen LogP contribution in [0.1, 0.15) is 21.5 Å². The number of nitrogens with two attached hydrogens (primary N) is 1. The highest BCUT2D eigenvalue weighted by atomic mass is 16.5. The molecular weight excluding hydrogens is 368 g/mol. The van der Waals surface area contributed by atoms with Crippen LogP contribution in [0.4, 0.5) is 0 Å². The van der Waals surface area contributed by atoms with Crippen LogP contribution in [0.5, 0.6) is 5.75 Å². The van der Waals surface area contributed by atoms with Crippen LogP contribution in [-0.2, 0) is 11.3 Å². The maximum absolute atomic E-state index is 12.2. The summed E-state index contributed by atoms with van der Waals surface area (Å²) in [4.78, 5) is 24.0. The number of esters is 1. The van der Waals surface area contributed by atoms with Crippen molar-refractivity contribution in [1.29, 1.82) is 0 Å². The minimum Gasteiger partial charge on any atom is -0.424 e. The van der Waals surface area contributed by atoms with Gasteiger partial charge in [0.05, 0.1) is 16.4 Å². The van der Waals surface area contributed by atoms with E-state index in [4.69, 9.17) is 15.6 Å². The van der Waals surface area contributed by atoms with Gasteiger partial charge in [0, 0.05) is 17.5 Å². The molecule has 146 valence electrons. The van der Waals surface area contributed by atoms with Crippen LogP contribution >= 0.6 is 0 Å². The maximum atomic E-state index is 12.2. The first-order chi connectivity index (χ1) is 14.0. The third-order valence-electron chi connectivity index (χ3n) is 5.00. The van der Waals surface area contributed by atoms with Crippen molar-refractivity contribution in [3.63, 3.8) is 0 Å². The van der Waals surface area contributed by atoms with Gasteiger partial charge in [-0.3, -0.25) is 4.79 Å². The number of hydrogen-bond acceptors (Lipinski definition) is 4. The summed E-state index contributed by atoms with van der Waals surface area (Å²) in [5.41, 5.74) is 9.72. The van der Waals surface area contributed by atoms with E-state index in [-0.39, 0.29) is 5.75 Å². The third-order valence-corrected chi connectivity index (χ3v) is 5.00. The van der Waals surface area contributed by atoms with Gasteiger partial charge >= 0.3 is 5.97 Å². The zero-order valence-corrected chi connectivity index (χ0v) is 15.9. The van der Waals surface area contributed by atoms with Crippen molar-refractivity contribution in [3.8, 4) is 5.75 Å². The number of carbonyl (C=O) groups is 2. The average molecular weight is 388 g/mol. The van der Waals surface area contributed by atoms with Gasteiger partial charge in [0.1, 0.15) is 12.4 Å². The van der Waals surface area contributed by atoms with Crippen molar-refractivity contribution in [3.05, 3.63) is 77.4 Å². The lowest BCUT2D eigenvalue weighted by molar-refractivity contribution is -0.137. The number of aromatic nitrogens is 1. The number of aliphatic hydroxyl groups excluding tert-OH is 1. The van der Waals surface area contributed by atoms with Crippen LogP contribution in [0.3, 0.4) is 0 Å². The van der Waals surface area contributed by atoms with E-state index in [1.54, 1.807) is 18.2 Å². The molecule has 0 fully saturated rings. The molecule has 6 nitrogen and oxygen atoms in total. The van der Waals surface area contributed by atoms with Gasteiger partial charge in [-0.2, -0.15) is 0 Å². The Morgan fingerprint density at radius 1 is 1.00 bits per heavy atom. The Labute approximate surface area is 167 Å². The molecule has 1 heterocycles. The molecule has 0 unspecified atom stereocenters. The van der Waals surface area contributed by atoms with Crippen molar-refractivity contribution in [2.45, 2.75) is 13.5 Å². The largest absolute Gasteiger partial charge is 0.424 e. The number of primary amides is 1. The molecule has 4 rings (SSSR count). The van der Waals surface area contributed by atoms with Crippen molar-refractivity contribution in [2.75, 3.05) is 6.61 Å². The fraction of sp³-hybridized carbons (Fsp3) is 0.130. The Morgan fingerprint density at radius 3 is 2.45 bits per heavy atom. The zero-order valence-electron chi connectivity index (χ0n) is 15.9. The van der Waals surface area contributed by atoms with E-state index in [0.29, 0.717) is 22.9 Å². The van der Waals surface area contributed by atoms with Crippen molar-refractivity contribution >= 4 is 33.7 Å². The smallest absolute Gasteiger partial charge is 0.337 e. The molecule has 0 aliphatic carbocycles. The fourth-order valence-electron chi connectivity index (χ4n) is 3.79. The molecular formula is C23H20N2O4. The molecule has 0 bridgehead atoms. The topological polar surface area (TPSA) is 94.6 Å². The zero-order chi connectivity index (χ0) is 20.5. The molecule has 0 aliphatic heterocycles. The Balaban J connectivity index is 2.11. The monoisotopic (exact) mass is 388 g/mol. The Kier molecular flexibility index (Phi) is 4.78. The van der Waals surface area contributed by atoms with Crippen molar-refractivity contribution in [2.24, 2.45) is 5.73 Å². The van der Waals surface area contributed by atoms with E-state index in [0.717, 1.165) is 22.2 Å². The van der Waals surface area contributed by atoms with Gasteiger partial charge in [0.2, 0.25) is 5.91 Å². The summed E-state index contributed by atoms with van der Waals surface area (Å²) in [6, 6.07) is 18.9. The average Bonchev–Trinajstić information content (AvgIpc) is 3.06. The van der Waals surface area contributed by atoms with Crippen LogP contribution in [0.15, 0.2) is 60.7 Å². The molecule has 0 saturated heterocycles. The second-order valence-corrected chi connectivity index (χ2v) is 6.87. The summed E-state index contributed by atoms with van der Waals surface area (Å²) < 4.78 is 7.48. The molecule has 0 saturated carbocycles. The van der Waals surface area contributed by atoms with E-state index in [1.165, 1.54) is 0 Å². The first-order valence-electron chi connectivity index (χ1n) is 9.21. The standard InChI is InChI=1S/C23H20N2O4/c1-14-10-11-18(29-19(27)13-26)21-20-16(23(24)28)8-5-9-17(20)25(22(14)21)12-15-6-3-2-4-7-15/h2-11,26H,12-13H2,1H3,(H2,24,28). The van der Waals surface area contributed by atoms with Gasteiger partial charge in [-0.25, -0.2) is 4.79 Å². The van der Waals surface area contributed by atoms with E-state index in [9.17, 15) is 9.59 Å².